The largest absolute Gasteiger partial charge is 0.481 e. The summed E-state index contributed by atoms with van der Waals surface area (Å²) in [5, 5.41) is 14.6. The van der Waals surface area contributed by atoms with E-state index in [9.17, 15) is 9.59 Å². The summed E-state index contributed by atoms with van der Waals surface area (Å²) >= 11 is 0. The van der Waals surface area contributed by atoms with Crippen LogP contribution in [0.1, 0.15) is 59.8 Å². The summed E-state index contributed by atoms with van der Waals surface area (Å²) in [6, 6.07) is -0.358. The normalized spacial score (nSPS) is 20.4. The topological polar surface area (TPSA) is 78.4 Å². The second-order valence-corrected chi connectivity index (χ2v) is 7.00. The summed E-state index contributed by atoms with van der Waals surface area (Å²) in [4.78, 5) is 22.7. The first-order chi connectivity index (χ1) is 9.19. The minimum atomic E-state index is -0.886. The van der Waals surface area contributed by atoms with Crippen LogP contribution in [-0.4, -0.2) is 29.2 Å². The molecule has 116 valence electrons. The highest BCUT2D eigenvalue weighted by atomic mass is 16.4. The number of hydrogen-bond acceptors (Lipinski definition) is 2. The number of amides is 2. The molecule has 0 spiro atoms. The molecule has 1 aliphatic rings. The van der Waals surface area contributed by atoms with Crippen LogP contribution in [0.5, 0.6) is 0 Å². The van der Waals surface area contributed by atoms with Crippen LogP contribution in [0.25, 0.3) is 0 Å². The van der Waals surface area contributed by atoms with E-state index in [0.717, 1.165) is 25.7 Å². The first kappa shape index (κ1) is 16.8. The Balaban J connectivity index is 2.40. The van der Waals surface area contributed by atoms with Crippen molar-refractivity contribution in [1.29, 1.82) is 0 Å². The molecule has 0 heterocycles. The molecule has 3 N–H and O–H groups in total. The van der Waals surface area contributed by atoms with Gasteiger partial charge in [0.15, 0.2) is 0 Å². The molecule has 0 radical (unpaired) electrons. The summed E-state index contributed by atoms with van der Waals surface area (Å²) in [5.74, 6) is -0.787. The van der Waals surface area contributed by atoms with E-state index in [1.165, 1.54) is 0 Å². The minimum Gasteiger partial charge on any atom is -0.481 e. The van der Waals surface area contributed by atoms with Crippen molar-refractivity contribution in [2.75, 3.05) is 0 Å². The summed E-state index contributed by atoms with van der Waals surface area (Å²) in [6.07, 6.45) is 4.17. The molecule has 0 aliphatic heterocycles. The van der Waals surface area contributed by atoms with E-state index >= 15 is 0 Å². The van der Waals surface area contributed by atoms with Gasteiger partial charge in [-0.2, -0.15) is 0 Å². The zero-order valence-corrected chi connectivity index (χ0v) is 13.0. The van der Waals surface area contributed by atoms with Gasteiger partial charge in [-0.15, -0.1) is 0 Å². The quantitative estimate of drug-likeness (QED) is 0.726. The van der Waals surface area contributed by atoms with Crippen LogP contribution < -0.4 is 10.6 Å². The van der Waals surface area contributed by atoms with Gasteiger partial charge in [0.2, 0.25) is 0 Å². The monoisotopic (exact) mass is 284 g/mol. The van der Waals surface area contributed by atoms with Crippen molar-refractivity contribution in [2.24, 2.45) is 11.3 Å². The standard InChI is InChI=1S/C15H28N2O3/c1-10(2)12(9-13(18)19)17-14(20)16-11-5-7-15(3,4)8-6-11/h10-12H,5-9H2,1-4H3,(H,18,19)(H2,16,17,20). The van der Waals surface area contributed by atoms with Crippen molar-refractivity contribution in [1.82, 2.24) is 10.6 Å². The lowest BCUT2D eigenvalue weighted by molar-refractivity contribution is -0.137. The van der Waals surface area contributed by atoms with Crippen molar-refractivity contribution in [3.63, 3.8) is 0 Å². The highest BCUT2D eigenvalue weighted by Gasteiger charge is 2.28. The molecule has 1 aliphatic carbocycles. The van der Waals surface area contributed by atoms with E-state index < -0.39 is 5.97 Å². The smallest absolute Gasteiger partial charge is 0.315 e. The summed E-state index contributed by atoms with van der Waals surface area (Å²) in [7, 11) is 0. The van der Waals surface area contributed by atoms with Crippen molar-refractivity contribution in [2.45, 2.75) is 71.9 Å². The molecule has 1 rings (SSSR count). The molecule has 2 amide bonds. The molecule has 0 bridgehead atoms. The van der Waals surface area contributed by atoms with Gasteiger partial charge in [-0.3, -0.25) is 4.79 Å². The Hall–Kier alpha value is -1.26. The summed E-state index contributed by atoms with van der Waals surface area (Å²) < 4.78 is 0. The number of hydrogen-bond donors (Lipinski definition) is 3. The Morgan fingerprint density at radius 3 is 2.25 bits per heavy atom. The van der Waals surface area contributed by atoms with Gasteiger partial charge >= 0.3 is 12.0 Å². The lowest BCUT2D eigenvalue weighted by atomic mass is 9.76. The predicted octanol–water partition coefficient (Wildman–Crippen LogP) is 2.75. The average Bonchev–Trinajstić information content (AvgIpc) is 2.30. The van der Waals surface area contributed by atoms with Gasteiger partial charge in [-0.05, 0) is 37.0 Å². The van der Waals surface area contributed by atoms with Crippen LogP contribution in [0.4, 0.5) is 4.79 Å². The molecular weight excluding hydrogens is 256 g/mol. The Labute approximate surface area is 121 Å². The molecule has 0 aromatic rings. The van der Waals surface area contributed by atoms with E-state index in [2.05, 4.69) is 24.5 Å². The van der Waals surface area contributed by atoms with Gasteiger partial charge in [-0.25, -0.2) is 4.79 Å². The fourth-order valence-corrected chi connectivity index (χ4v) is 2.58. The number of aliphatic carboxylic acids is 1. The molecular formula is C15H28N2O3. The number of carboxylic acid groups (broad SMARTS) is 1. The number of carboxylic acids is 1. The van der Waals surface area contributed by atoms with E-state index in [1.807, 2.05) is 13.8 Å². The Morgan fingerprint density at radius 2 is 1.80 bits per heavy atom. The third-order valence-electron chi connectivity index (χ3n) is 4.19. The van der Waals surface area contributed by atoms with Gasteiger partial charge in [0, 0.05) is 12.1 Å². The molecule has 0 saturated heterocycles. The highest BCUT2D eigenvalue weighted by Crippen LogP contribution is 2.34. The molecule has 1 saturated carbocycles. The zero-order chi connectivity index (χ0) is 15.3. The van der Waals surface area contributed by atoms with Crippen molar-refractivity contribution in [3.8, 4) is 0 Å². The van der Waals surface area contributed by atoms with Crippen LogP contribution in [0, 0.1) is 11.3 Å². The Morgan fingerprint density at radius 1 is 1.25 bits per heavy atom. The molecule has 0 aromatic carbocycles. The Bertz CT molecular complexity index is 343. The van der Waals surface area contributed by atoms with E-state index in [1.54, 1.807) is 0 Å². The van der Waals surface area contributed by atoms with E-state index in [4.69, 9.17) is 5.11 Å². The number of rotatable bonds is 5. The number of carbonyl (C=O) groups is 2. The first-order valence-electron chi connectivity index (χ1n) is 7.48. The van der Waals surface area contributed by atoms with Crippen molar-refractivity contribution >= 4 is 12.0 Å². The highest BCUT2D eigenvalue weighted by molar-refractivity contribution is 5.76. The van der Waals surface area contributed by atoms with Gasteiger partial charge in [0.1, 0.15) is 0 Å². The maximum Gasteiger partial charge on any atom is 0.315 e. The van der Waals surface area contributed by atoms with Crippen LogP contribution in [0.3, 0.4) is 0 Å². The summed E-state index contributed by atoms with van der Waals surface area (Å²) in [5.41, 5.74) is 0.373. The predicted molar refractivity (Wildman–Crippen MR) is 78.6 cm³/mol. The maximum atomic E-state index is 12.0. The number of urea groups is 1. The van der Waals surface area contributed by atoms with E-state index in [-0.39, 0.29) is 30.5 Å². The van der Waals surface area contributed by atoms with Crippen LogP contribution in [-0.2, 0) is 4.79 Å². The molecule has 5 heteroatoms. The fraction of sp³-hybridized carbons (Fsp3) is 0.867. The molecule has 1 unspecified atom stereocenters. The lowest BCUT2D eigenvalue weighted by Gasteiger charge is -2.35. The molecule has 20 heavy (non-hydrogen) atoms. The molecule has 1 atom stereocenters. The maximum absolute atomic E-state index is 12.0. The second-order valence-electron chi connectivity index (χ2n) is 7.00. The Kier molecular flexibility index (Phi) is 5.84. The van der Waals surface area contributed by atoms with Crippen molar-refractivity contribution in [3.05, 3.63) is 0 Å². The molecule has 1 fully saturated rings. The van der Waals surface area contributed by atoms with Crippen molar-refractivity contribution < 1.29 is 14.7 Å². The number of nitrogens with one attached hydrogen (secondary N) is 2. The van der Waals surface area contributed by atoms with Crippen LogP contribution in [0.15, 0.2) is 0 Å². The summed E-state index contributed by atoms with van der Waals surface area (Å²) in [6.45, 7) is 8.34. The zero-order valence-electron chi connectivity index (χ0n) is 13.0. The second kappa shape index (κ2) is 6.95. The van der Waals surface area contributed by atoms with Gasteiger partial charge in [0.05, 0.1) is 6.42 Å². The first-order valence-corrected chi connectivity index (χ1v) is 7.48. The third kappa shape index (κ3) is 5.80. The average molecular weight is 284 g/mol. The van der Waals surface area contributed by atoms with Crippen LogP contribution in [0.2, 0.25) is 0 Å². The molecule has 5 nitrogen and oxygen atoms in total. The van der Waals surface area contributed by atoms with Crippen LogP contribution >= 0.6 is 0 Å². The fourth-order valence-electron chi connectivity index (χ4n) is 2.58. The minimum absolute atomic E-state index is 0.0389. The van der Waals surface area contributed by atoms with Gasteiger partial charge in [-0.1, -0.05) is 27.7 Å². The van der Waals surface area contributed by atoms with Gasteiger partial charge in [0.25, 0.3) is 0 Å². The lowest BCUT2D eigenvalue weighted by Crippen LogP contribution is -2.49. The SMILES string of the molecule is CC(C)C(CC(=O)O)NC(=O)NC1CCC(C)(C)CC1. The van der Waals surface area contributed by atoms with Gasteiger partial charge < -0.3 is 15.7 Å². The third-order valence-corrected chi connectivity index (χ3v) is 4.19. The molecule has 0 aromatic heterocycles. The number of carbonyl (C=O) groups excluding carboxylic acids is 1. The van der Waals surface area contributed by atoms with E-state index in [0.29, 0.717) is 5.41 Å².